The van der Waals surface area contributed by atoms with Crippen molar-refractivity contribution in [3.63, 3.8) is 0 Å². The van der Waals surface area contributed by atoms with Crippen LogP contribution in [0.4, 0.5) is 4.39 Å². The Morgan fingerprint density at radius 3 is 1.05 bits per heavy atom. The first kappa shape index (κ1) is 78.5. The van der Waals surface area contributed by atoms with Gasteiger partial charge >= 0.3 is 0 Å². The van der Waals surface area contributed by atoms with Gasteiger partial charge < -0.3 is 30.1 Å². The molecule has 0 amide bonds. The van der Waals surface area contributed by atoms with Crippen LogP contribution in [0, 0.1) is 43.9 Å². The number of aliphatic hydroxyl groups is 2. The average Bonchev–Trinajstić information content (AvgIpc) is 1.00. The molecule has 0 saturated heterocycles. The van der Waals surface area contributed by atoms with Crippen molar-refractivity contribution in [1.82, 2.24) is 19.9 Å². The second kappa shape index (κ2) is 42.4. The Morgan fingerprint density at radius 1 is 0.355 bits per heavy atom. The van der Waals surface area contributed by atoms with Crippen molar-refractivity contribution in [2.24, 2.45) is 0 Å². The number of carbonyl (C=O) groups is 2. The molecule has 93 heavy (non-hydrogen) atoms. The number of hydrogen-bond donors (Lipinski definition) is 2. The van der Waals surface area contributed by atoms with E-state index >= 15 is 0 Å². The molecule has 8 nitrogen and oxygen atoms in total. The Kier molecular flexibility index (Phi) is 35.9. The number of rotatable bonds is 10. The van der Waals surface area contributed by atoms with Gasteiger partial charge in [-0.15, -0.1) is 125 Å². The molecule has 0 aliphatic rings. The van der Waals surface area contributed by atoms with Gasteiger partial charge in [0.15, 0.2) is 11.6 Å². The summed E-state index contributed by atoms with van der Waals surface area (Å²) in [5.41, 5.74) is 19.4. The number of carbonyl (C=O) groups excluding carboxylic acids is 2. The van der Waals surface area contributed by atoms with E-state index in [1.54, 1.807) is 18.6 Å². The molecule has 8 aromatic carbocycles. The summed E-state index contributed by atoms with van der Waals surface area (Å²) >= 11 is 0. The van der Waals surface area contributed by atoms with Crippen molar-refractivity contribution >= 4 is 11.6 Å². The second-order valence-electron chi connectivity index (χ2n) is 20.1. The fourth-order valence-corrected chi connectivity index (χ4v) is 8.82. The van der Waals surface area contributed by atoms with Crippen LogP contribution in [0.5, 0.6) is 0 Å². The van der Waals surface area contributed by atoms with Crippen LogP contribution in [-0.4, -0.2) is 41.7 Å². The first-order valence-corrected chi connectivity index (χ1v) is 28.6. The molecule has 478 valence electrons. The van der Waals surface area contributed by atoms with Crippen LogP contribution in [-0.2, 0) is 90.0 Å². The Bertz CT molecular complexity index is 3970. The van der Waals surface area contributed by atoms with E-state index in [0.29, 0.717) is 5.69 Å². The first-order valence-electron chi connectivity index (χ1n) is 28.6. The number of halogens is 1. The van der Waals surface area contributed by atoms with Crippen molar-refractivity contribution in [3.05, 3.63) is 338 Å². The van der Waals surface area contributed by atoms with Crippen molar-refractivity contribution in [2.45, 2.75) is 41.5 Å². The number of allylic oxidation sites excluding steroid dienone is 4. The van der Waals surface area contributed by atoms with Crippen molar-refractivity contribution in [1.29, 1.82) is 0 Å². The van der Waals surface area contributed by atoms with E-state index in [1.165, 1.54) is 103 Å². The van der Waals surface area contributed by atoms with Gasteiger partial charge in [0.05, 0.1) is 11.5 Å². The van der Waals surface area contributed by atoms with Gasteiger partial charge in [0.2, 0.25) is 0 Å². The van der Waals surface area contributed by atoms with E-state index in [1.807, 2.05) is 140 Å². The van der Waals surface area contributed by atoms with Gasteiger partial charge in [-0.1, -0.05) is 190 Å². The maximum atomic E-state index is 13.2. The molecule has 13 heteroatoms. The summed E-state index contributed by atoms with van der Waals surface area (Å²) < 4.78 is 13.2. The van der Waals surface area contributed by atoms with Crippen LogP contribution in [0.1, 0.15) is 38.8 Å². The number of hydrogen-bond acceptors (Lipinski definition) is 8. The molecule has 4 aromatic heterocycles. The van der Waals surface area contributed by atoms with Crippen molar-refractivity contribution < 1.29 is 105 Å². The first-order chi connectivity index (χ1) is 43.2. The third-order valence-corrected chi connectivity index (χ3v) is 13.0. The zero-order valence-corrected chi connectivity index (χ0v) is 61.4. The zero-order chi connectivity index (χ0) is 63.2. The summed E-state index contributed by atoms with van der Waals surface area (Å²) in [7, 11) is 0. The summed E-state index contributed by atoms with van der Waals surface area (Å²) in [6.07, 6.45) is 9.21. The van der Waals surface area contributed by atoms with E-state index in [-0.39, 0.29) is 109 Å². The standard InChI is InChI=1S/2C18H14N.C17H11FN.C17H12N.2C5H8O2.4Ir/c2*1-14-6-2-3-7-17(14)15-9-11-16(12-10-15)18-8-4-5-13-19-18;18-16-9-10-19-17(12-16)15-8-4-7-14(11-15)13-5-2-1-3-6-13;1-2-6-14(7-3-1)15-9-11-16(12-10-15)17-8-4-5-13-18-17;2*1-4(6)3-5(2)7;;;;/h2*2-11,13H,1H3;1-7,9-12H;1-11,13H;2*3,6H,1-2H3;;;;/q4*-1;;;;;;. The fourth-order valence-electron chi connectivity index (χ4n) is 8.82. The molecule has 0 saturated carbocycles. The maximum Gasteiger partial charge on any atom is 0.155 e. The Balaban J connectivity index is 0.000000299. The minimum Gasteiger partial charge on any atom is -0.512 e. The molecular formula is C80H67FIr4N4O4-4. The number of ketones is 2. The summed E-state index contributed by atoms with van der Waals surface area (Å²) in [5.74, 6) is -0.413. The predicted octanol–water partition coefficient (Wildman–Crippen LogP) is 19.7. The molecule has 0 aliphatic heterocycles. The molecule has 12 rings (SSSR count). The van der Waals surface area contributed by atoms with Crippen LogP contribution >= 0.6 is 0 Å². The van der Waals surface area contributed by atoms with Crippen LogP contribution in [0.2, 0.25) is 0 Å². The molecular weight excluding hydrogens is 1870 g/mol. The monoisotopic (exact) mass is 1940 g/mol. The minimum atomic E-state index is -0.288. The van der Waals surface area contributed by atoms with Gasteiger partial charge in [0.25, 0.3) is 0 Å². The van der Waals surface area contributed by atoms with Gasteiger partial charge in [-0.2, -0.15) is 0 Å². The smallest absolute Gasteiger partial charge is 0.155 e. The molecule has 0 atom stereocenters. The van der Waals surface area contributed by atoms with Gasteiger partial charge in [0, 0.05) is 117 Å². The van der Waals surface area contributed by atoms with E-state index in [2.05, 4.69) is 155 Å². The van der Waals surface area contributed by atoms with Gasteiger partial charge in [-0.25, -0.2) is 4.39 Å². The predicted molar refractivity (Wildman–Crippen MR) is 359 cm³/mol. The number of nitrogens with zero attached hydrogens (tertiary/aromatic N) is 4. The summed E-state index contributed by atoms with van der Waals surface area (Å²) in [5, 5.41) is 16.7. The molecule has 4 heterocycles. The Morgan fingerprint density at radius 2 is 0.720 bits per heavy atom. The third kappa shape index (κ3) is 26.8. The van der Waals surface area contributed by atoms with E-state index in [4.69, 9.17) is 10.2 Å². The molecule has 12 aromatic rings. The number of aryl methyl sites for hydroxylation is 2. The Hall–Kier alpha value is -8.69. The molecule has 0 aliphatic carbocycles. The van der Waals surface area contributed by atoms with Crippen LogP contribution < -0.4 is 0 Å². The van der Waals surface area contributed by atoms with E-state index in [0.717, 1.165) is 50.5 Å². The topological polar surface area (TPSA) is 126 Å². The molecule has 0 unspecified atom stereocenters. The molecule has 0 fully saturated rings. The second-order valence-corrected chi connectivity index (χ2v) is 20.1. The number of aromatic nitrogens is 4. The normalized spacial score (nSPS) is 10.1. The SMILES string of the molecule is CC(=O)C=C(C)O.CC(=O)C=C(C)O.Cc1ccccc1-c1c[c-]c(-c2ccccn2)cc1.Cc1ccccc1-c1c[c-]c(-c2ccccn2)cc1.Fc1ccnc(-c2[c-]ccc(-c3ccccc3)c2)c1.[Ir].[Ir].[Ir].[Ir].[c-]1cc(-c2ccccc2)ccc1-c1ccccn1. The number of benzene rings is 8. The van der Waals surface area contributed by atoms with Gasteiger partial charge in [-0.05, 0) is 100 Å². The van der Waals surface area contributed by atoms with Gasteiger partial charge in [0.1, 0.15) is 5.82 Å². The fraction of sp³-hybridized carbons (Fsp3) is 0.0750. The third-order valence-electron chi connectivity index (χ3n) is 13.0. The van der Waals surface area contributed by atoms with Gasteiger partial charge in [-0.3, -0.25) is 9.59 Å². The number of aliphatic hydroxyl groups excluding tert-OH is 2. The molecule has 0 bridgehead atoms. The summed E-state index contributed by atoms with van der Waals surface area (Å²) in [4.78, 5) is 37.2. The summed E-state index contributed by atoms with van der Waals surface area (Å²) in [6.45, 7) is 9.95. The zero-order valence-electron chi connectivity index (χ0n) is 51.8. The largest absolute Gasteiger partial charge is 0.512 e. The van der Waals surface area contributed by atoms with Crippen LogP contribution in [0.3, 0.4) is 0 Å². The molecule has 4 radical (unpaired) electrons. The van der Waals surface area contributed by atoms with Crippen molar-refractivity contribution in [3.8, 4) is 89.5 Å². The van der Waals surface area contributed by atoms with E-state index < -0.39 is 0 Å². The van der Waals surface area contributed by atoms with Crippen LogP contribution in [0.25, 0.3) is 89.5 Å². The maximum absolute atomic E-state index is 13.2. The summed E-state index contributed by atoms with van der Waals surface area (Å²) in [6, 6.07) is 95.1. The molecule has 2 N–H and O–H groups in total. The number of pyridine rings is 4. The minimum absolute atomic E-state index is 0. The Labute approximate surface area is 600 Å². The van der Waals surface area contributed by atoms with Crippen LogP contribution in [0.15, 0.2) is 297 Å². The average molecular weight is 1940 g/mol. The van der Waals surface area contributed by atoms with Crippen molar-refractivity contribution in [2.75, 3.05) is 0 Å². The quantitative estimate of drug-likeness (QED) is 0.0788. The molecule has 0 spiro atoms. The van der Waals surface area contributed by atoms with E-state index in [9.17, 15) is 14.0 Å².